The number of fused-ring (bicyclic) bond motifs is 1. The van der Waals surface area contributed by atoms with Crippen LogP contribution >= 0.6 is 0 Å². The fourth-order valence-corrected chi connectivity index (χ4v) is 2.42. The summed E-state index contributed by atoms with van der Waals surface area (Å²) in [6, 6.07) is 15.1. The molecule has 0 aliphatic carbocycles. The molecule has 0 fully saturated rings. The lowest BCUT2D eigenvalue weighted by molar-refractivity contribution is 0.0858. The molecule has 0 aliphatic rings. The van der Waals surface area contributed by atoms with E-state index in [2.05, 4.69) is 0 Å². The van der Waals surface area contributed by atoms with Crippen molar-refractivity contribution in [1.82, 2.24) is 0 Å². The van der Waals surface area contributed by atoms with Crippen molar-refractivity contribution >= 4 is 22.4 Å². The van der Waals surface area contributed by atoms with E-state index in [1.165, 1.54) is 0 Å². The molecule has 0 amide bonds. The first-order valence-corrected chi connectivity index (χ1v) is 7.29. The lowest BCUT2D eigenvalue weighted by Crippen LogP contribution is -2.19. The van der Waals surface area contributed by atoms with Gasteiger partial charge < -0.3 is 10.2 Å². The molecule has 3 heteroatoms. The van der Waals surface area contributed by atoms with Crippen molar-refractivity contribution in [2.45, 2.75) is 20.8 Å². The van der Waals surface area contributed by atoms with E-state index in [-0.39, 0.29) is 11.2 Å². The summed E-state index contributed by atoms with van der Waals surface area (Å²) in [5, 5.41) is 0.977. The topological polar surface area (TPSA) is 56.2 Å². The van der Waals surface area contributed by atoms with Crippen LogP contribution in [0.2, 0.25) is 0 Å². The number of nitrogen functional groups attached to an aromatic ring is 1. The van der Waals surface area contributed by atoms with Crippen molar-refractivity contribution in [2.75, 3.05) is 5.73 Å². The highest BCUT2D eigenvalue weighted by Crippen LogP contribution is 2.30. The lowest BCUT2D eigenvalue weighted by Gasteiger charge is -2.16. The normalized spacial score (nSPS) is 11.8. The number of rotatable bonds is 2. The Hall–Kier alpha value is -2.55. The van der Waals surface area contributed by atoms with Crippen LogP contribution in [0.5, 0.6) is 0 Å². The molecule has 0 saturated heterocycles. The van der Waals surface area contributed by atoms with E-state index in [1.54, 1.807) is 0 Å². The molecule has 0 saturated carbocycles. The molecular weight excluding hydrogens is 274 g/mol. The monoisotopic (exact) mass is 293 g/mol. The third kappa shape index (κ3) is 2.62. The van der Waals surface area contributed by atoms with Gasteiger partial charge in [-0.05, 0) is 24.3 Å². The number of benzene rings is 2. The molecule has 112 valence electrons. The first-order chi connectivity index (χ1) is 10.3. The third-order valence-electron chi connectivity index (χ3n) is 3.65. The fourth-order valence-electron chi connectivity index (χ4n) is 2.42. The summed E-state index contributed by atoms with van der Waals surface area (Å²) < 4.78 is 5.84. The number of hydrogen-bond donors (Lipinski definition) is 1. The highest BCUT2D eigenvalue weighted by atomic mass is 16.3. The minimum atomic E-state index is -0.377. The van der Waals surface area contributed by atoms with Crippen LogP contribution in [0.4, 0.5) is 5.69 Å². The predicted octanol–water partition coefficient (Wildman–Crippen LogP) is 4.91. The molecule has 2 aromatic carbocycles. The number of carbonyl (C=O) groups excluding carboxylic acids is 1. The van der Waals surface area contributed by atoms with Crippen molar-refractivity contribution < 1.29 is 9.21 Å². The summed E-state index contributed by atoms with van der Waals surface area (Å²) in [5.74, 6) is 0.909. The zero-order chi connectivity index (χ0) is 15.9. The lowest BCUT2D eigenvalue weighted by atomic mass is 9.86. The molecule has 1 heterocycles. The maximum Gasteiger partial charge on any atom is 0.168 e. The summed E-state index contributed by atoms with van der Waals surface area (Å²) in [6.07, 6.45) is 0. The van der Waals surface area contributed by atoms with Crippen molar-refractivity contribution in [1.29, 1.82) is 0 Å². The molecule has 0 radical (unpaired) electrons. The molecule has 3 nitrogen and oxygen atoms in total. The molecule has 0 atom stereocenters. The van der Waals surface area contributed by atoms with Crippen molar-refractivity contribution in [3.8, 4) is 11.3 Å². The predicted molar refractivity (Wildman–Crippen MR) is 89.8 cm³/mol. The van der Waals surface area contributed by atoms with Gasteiger partial charge in [-0.1, -0.05) is 45.0 Å². The van der Waals surface area contributed by atoms with E-state index in [9.17, 15) is 4.79 Å². The Labute approximate surface area is 129 Å². The van der Waals surface area contributed by atoms with Crippen LogP contribution < -0.4 is 5.73 Å². The van der Waals surface area contributed by atoms with Gasteiger partial charge in [0.25, 0.3) is 0 Å². The summed E-state index contributed by atoms with van der Waals surface area (Å²) in [4.78, 5) is 12.3. The number of furan rings is 1. The number of hydrogen-bond acceptors (Lipinski definition) is 3. The van der Waals surface area contributed by atoms with Crippen LogP contribution in [0.1, 0.15) is 31.1 Å². The van der Waals surface area contributed by atoms with Gasteiger partial charge in [0.15, 0.2) is 5.78 Å². The molecule has 3 rings (SSSR count). The summed E-state index contributed by atoms with van der Waals surface area (Å²) >= 11 is 0. The molecule has 0 unspecified atom stereocenters. The van der Waals surface area contributed by atoms with Crippen LogP contribution in [0, 0.1) is 5.41 Å². The van der Waals surface area contributed by atoms with E-state index < -0.39 is 0 Å². The van der Waals surface area contributed by atoms with Gasteiger partial charge in [-0.3, -0.25) is 4.79 Å². The van der Waals surface area contributed by atoms with Crippen LogP contribution in [0.15, 0.2) is 52.9 Å². The SMILES string of the molecule is CC(C)(C)C(=O)c1ccc(-c2cc3cc(N)ccc3o2)cc1. The van der Waals surface area contributed by atoms with Gasteiger partial charge >= 0.3 is 0 Å². The minimum Gasteiger partial charge on any atom is -0.456 e. The number of Topliss-reactive ketones (excluding diaryl/α,β-unsaturated/α-hetero) is 1. The van der Waals surface area contributed by atoms with E-state index in [4.69, 9.17) is 10.2 Å². The Morgan fingerprint density at radius 1 is 1.00 bits per heavy atom. The largest absolute Gasteiger partial charge is 0.456 e. The van der Waals surface area contributed by atoms with E-state index in [0.29, 0.717) is 5.69 Å². The number of carbonyl (C=O) groups is 1. The average Bonchev–Trinajstić information content (AvgIpc) is 2.88. The van der Waals surface area contributed by atoms with Crippen LogP contribution in [-0.2, 0) is 0 Å². The summed E-state index contributed by atoms with van der Waals surface area (Å²) in [5.41, 5.74) is 8.59. The van der Waals surface area contributed by atoms with Gasteiger partial charge in [-0.25, -0.2) is 0 Å². The molecular formula is C19H19NO2. The molecule has 0 bridgehead atoms. The number of nitrogens with two attached hydrogens (primary N) is 1. The van der Waals surface area contributed by atoms with Crippen LogP contribution in [0.25, 0.3) is 22.3 Å². The molecule has 0 aliphatic heterocycles. The Kier molecular flexibility index (Phi) is 3.28. The molecule has 2 N–H and O–H groups in total. The smallest absolute Gasteiger partial charge is 0.168 e. The Morgan fingerprint density at radius 2 is 1.68 bits per heavy atom. The maximum atomic E-state index is 12.3. The number of anilines is 1. The third-order valence-corrected chi connectivity index (χ3v) is 3.65. The van der Waals surface area contributed by atoms with Gasteiger partial charge in [-0.2, -0.15) is 0 Å². The fraction of sp³-hybridized carbons (Fsp3) is 0.211. The summed E-state index contributed by atoms with van der Waals surface area (Å²) in [7, 11) is 0. The highest BCUT2D eigenvalue weighted by molar-refractivity contribution is 6.00. The molecule has 1 aromatic heterocycles. The Bertz CT molecular complexity index is 836. The van der Waals surface area contributed by atoms with Gasteiger partial charge in [0, 0.05) is 27.6 Å². The zero-order valence-electron chi connectivity index (χ0n) is 13.0. The minimum absolute atomic E-state index is 0.136. The van der Waals surface area contributed by atoms with Gasteiger partial charge in [-0.15, -0.1) is 0 Å². The quantitative estimate of drug-likeness (QED) is 0.539. The van der Waals surface area contributed by atoms with Gasteiger partial charge in [0.2, 0.25) is 0 Å². The van der Waals surface area contributed by atoms with Gasteiger partial charge in [0.05, 0.1) is 0 Å². The Morgan fingerprint density at radius 3 is 2.32 bits per heavy atom. The Balaban J connectivity index is 1.96. The second-order valence-corrected chi connectivity index (χ2v) is 6.56. The van der Waals surface area contributed by atoms with E-state index >= 15 is 0 Å². The average molecular weight is 293 g/mol. The molecule has 22 heavy (non-hydrogen) atoms. The molecule has 0 spiro atoms. The van der Waals surface area contributed by atoms with Crippen molar-refractivity contribution in [2.24, 2.45) is 5.41 Å². The van der Waals surface area contributed by atoms with E-state index in [1.807, 2.05) is 69.3 Å². The first-order valence-electron chi connectivity index (χ1n) is 7.29. The standard InChI is InChI=1S/C19H19NO2/c1-19(2,3)18(21)13-6-4-12(5-7-13)17-11-14-10-15(20)8-9-16(14)22-17/h4-11H,20H2,1-3H3. The maximum absolute atomic E-state index is 12.3. The molecule has 3 aromatic rings. The van der Waals surface area contributed by atoms with E-state index in [0.717, 1.165) is 27.9 Å². The van der Waals surface area contributed by atoms with Gasteiger partial charge in [0.1, 0.15) is 11.3 Å². The first kappa shape index (κ1) is 14.4. The second kappa shape index (κ2) is 5.02. The van der Waals surface area contributed by atoms with Crippen LogP contribution in [0.3, 0.4) is 0 Å². The van der Waals surface area contributed by atoms with Crippen molar-refractivity contribution in [3.05, 3.63) is 54.1 Å². The number of ketones is 1. The second-order valence-electron chi connectivity index (χ2n) is 6.56. The summed E-state index contributed by atoms with van der Waals surface area (Å²) in [6.45, 7) is 5.77. The zero-order valence-corrected chi connectivity index (χ0v) is 13.0. The highest BCUT2D eigenvalue weighted by Gasteiger charge is 2.22. The van der Waals surface area contributed by atoms with Crippen LogP contribution in [-0.4, -0.2) is 5.78 Å². The van der Waals surface area contributed by atoms with Crippen molar-refractivity contribution in [3.63, 3.8) is 0 Å².